The van der Waals surface area contributed by atoms with Crippen LogP contribution in [0.5, 0.6) is 0 Å². The van der Waals surface area contributed by atoms with Crippen molar-refractivity contribution < 1.29 is 19.1 Å². The van der Waals surface area contributed by atoms with Gasteiger partial charge < -0.3 is 5.11 Å². The summed E-state index contributed by atoms with van der Waals surface area (Å²) in [7, 11) is 17.2. The number of carbonyl (C=O) groups excluding carboxylic acids is 1. The highest BCUT2D eigenvalue weighted by atomic mass is 36.2. The Labute approximate surface area is 222 Å². The second-order valence-electron chi connectivity index (χ2n) is 8.81. The number of carbonyl (C=O) groups is 2. The number of nitrogens with one attached hydrogen (secondary N) is 1. The number of benzene rings is 3. The summed E-state index contributed by atoms with van der Waals surface area (Å²) in [5, 5.41) is 11.3. The number of rotatable bonds is 3. The quantitative estimate of drug-likeness (QED) is 0.317. The van der Waals surface area contributed by atoms with Crippen LogP contribution >= 0.6 is 39.0 Å². The van der Waals surface area contributed by atoms with Crippen molar-refractivity contribution in [1.82, 2.24) is 4.72 Å². The van der Waals surface area contributed by atoms with Gasteiger partial charge in [0.25, 0.3) is 5.91 Å². The van der Waals surface area contributed by atoms with E-state index in [1.807, 2.05) is 6.07 Å². The Kier molecular flexibility index (Phi) is 7.45. The van der Waals surface area contributed by atoms with Crippen LogP contribution in [0, 0.1) is 0 Å². The third-order valence-corrected chi connectivity index (χ3v) is 7.44. The first-order valence-corrected chi connectivity index (χ1v) is 16.7. The molecule has 0 heterocycles. The molecule has 0 fully saturated rings. The zero-order valence-electron chi connectivity index (χ0n) is 19.3. The smallest absolute Gasteiger partial charge is 0.336 e. The van der Waals surface area contributed by atoms with Gasteiger partial charge in [0.1, 0.15) is 6.17 Å². The fraction of sp³-hybridized carbons (Fsp3) is 0.185. The van der Waals surface area contributed by atoms with Crippen LogP contribution in [0.2, 0.25) is 0 Å². The van der Waals surface area contributed by atoms with Gasteiger partial charge in [-0.05, 0) is 102 Å². The molecular formula is C27H25Cl3FNO3S. The van der Waals surface area contributed by atoms with E-state index in [-0.39, 0.29) is 11.1 Å². The molecule has 2 N–H and O–H groups in total. The van der Waals surface area contributed by atoms with Gasteiger partial charge in [-0.15, -0.1) is 0 Å². The second kappa shape index (κ2) is 10.1. The lowest BCUT2D eigenvalue weighted by Crippen LogP contribution is -2.34. The van der Waals surface area contributed by atoms with Gasteiger partial charge in [-0.1, -0.05) is 67.7 Å². The average Bonchev–Trinajstić information content (AvgIpc) is 2.82. The van der Waals surface area contributed by atoms with E-state index in [2.05, 4.69) is 47.2 Å². The Morgan fingerprint density at radius 1 is 0.917 bits per heavy atom. The fourth-order valence-corrected chi connectivity index (χ4v) is 5.70. The van der Waals surface area contributed by atoms with Crippen LogP contribution in [0.3, 0.4) is 0 Å². The molecule has 1 amide bonds. The number of aromatic carboxylic acids is 1. The van der Waals surface area contributed by atoms with Crippen molar-refractivity contribution in [2.45, 2.75) is 25.4 Å². The first-order chi connectivity index (χ1) is 16.9. The van der Waals surface area contributed by atoms with E-state index in [0.717, 1.165) is 23.6 Å². The molecule has 0 aliphatic heterocycles. The van der Waals surface area contributed by atoms with Gasteiger partial charge >= 0.3 is 5.97 Å². The van der Waals surface area contributed by atoms with Crippen molar-refractivity contribution in [1.29, 1.82) is 0 Å². The van der Waals surface area contributed by atoms with Crippen molar-refractivity contribution in [2.24, 2.45) is 0 Å². The van der Waals surface area contributed by atoms with E-state index in [0.29, 0.717) is 6.42 Å². The Morgan fingerprint density at radius 2 is 1.58 bits per heavy atom. The van der Waals surface area contributed by atoms with Crippen molar-refractivity contribution in [3.8, 4) is 11.1 Å². The third-order valence-electron chi connectivity index (χ3n) is 6.00. The molecule has 0 saturated heterocycles. The molecule has 0 bridgehead atoms. The number of hydrogen-bond acceptors (Lipinski definition) is 2. The normalized spacial score (nSPS) is 16.7. The summed E-state index contributed by atoms with van der Waals surface area (Å²) in [5.41, 5.74) is 4.61. The number of amides is 1. The van der Waals surface area contributed by atoms with Gasteiger partial charge in [0, 0.05) is 0 Å². The van der Waals surface area contributed by atoms with E-state index in [1.54, 1.807) is 0 Å². The van der Waals surface area contributed by atoms with E-state index < -0.39 is 25.0 Å². The van der Waals surface area contributed by atoms with E-state index in [4.69, 9.17) is 37.2 Å². The van der Waals surface area contributed by atoms with Gasteiger partial charge in [-0.2, -0.15) is 0 Å². The maximum Gasteiger partial charge on any atom is 0.336 e. The van der Waals surface area contributed by atoms with Crippen LogP contribution in [-0.4, -0.2) is 23.2 Å². The van der Waals surface area contributed by atoms with Gasteiger partial charge in [0.2, 0.25) is 0 Å². The van der Waals surface area contributed by atoms with Crippen LogP contribution in [0.25, 0.3) is 23.3 Å². The first kappa shape index (κ1) is 26.6. The number of carboxylic acids is 1. The van der Waals surface area contributed by atoms with Crippen LogP contribution < -0.4 is 15.2 Å². The van der Waals surface area contributed by atoms with Crippen molar-refractivity contribution in [3.63, 3.8) is 0 Å². The molecule has 9 heteroatoms. The van der Waals surface area contributed by atoms with Gasteiger partial charge in [-0.25, -0.2) is 9.18 Å². The zero-order chi connectivity index (χ0) is 26.1. The lowest BCUT2D eigenvalue weighted by atomic mass is 9.86. The molecule has 3 aromatic carbocycles. The lowest BCUT2D eigenvalue weighted by molar-refractivity contribution is 0.0691. The number of carboxylic acid groups (broad SMARTS) is 1. The fourth-order valence-electron chi connectivity index (χ4n) is 4.46. The monoisotopic (exact) mass is 567 g/mol. The summed E-state index contributed by atoms with van der Waals surface area (Å²) in [4.78, 5) is 22.7. The molecular weight excluding hydrogens is 544 g/mol. The highest BCUT2D eigenvalue weighted by Crippen LogP contribution is 2.76. The van der Waals surface area contributed by atoms with Gasteiger partial charge in [0.05, 0.1) is 11.1 Å². The Bertz CT molecular complexity index is 1470. The maximum atomic E-state index is 14.0. The highest BCUT2D eigenvalue weighted by molar-refractivity contribution is 8.90. The summed E-state index contributed by atoms with van der Waals surface area (Å²) < 4.78 is 16.2. The molecule has 0 radical (unpaired) electrons. The summed E-state index contributed by atoms with van der Waals surface area (Å²) >= 11 is 0. The Morgan fingerprint density at radius 3 is 2.28 bits per heavy atom. The largest absolute Gasteiger partial charge is 0.478 e. The lowest BCUT2D eigenvalue weighted by Gasteiger charge is -2.39. The molecule has 190 valence electrons. The van der Waals surface area contributed by atoms with Crippen LogP contribution in [0.15, 0.2) is 60.7 Å². The molecule has 1 unspecified atom stereocenters. The summed E-state index contributed by atoms with van der Waals surface area (Å²) in [6.07, 6.45) is 7.38. The molecule has 2 aliphatic carbocycles. The SMILES string of the molecule is C[SH](Cl)(Cl)(Cl)NC(=O)c1ccccc1C(=O)O.FC1CCC=c2c1ccc1c2=CCc2ccccc2-1. The molecule has 36 heavy (non-hydrogen) atoms. The maximum absolute atomic E-state index is 14.0. The third kappa shape index (κ3) is 6.06. The van der Waals surface area contributed by atoms with Gasteiger partial charge in [0.15, 0.2) is 0 Å². The Hall–Kier alpha value is -2.51. The number of alkyl halides is 1. The molecule has 0 saturated carbocycles. The van der Waals surface area contributed by atoms with Crippen LogP contribution in [-0.2, 0) is 6.42 Å². The number of hydrogen-bond donors (Lipinski definition) is 3. The molecule has 0 aromatic heterocycles. The standard InChI is InChI=1S/C18H15F.C9H10Cl3NO3S/c19-18-7-3-6-14-16-9-8-12-4-1-2-5-13(12)15(16)10-11-17(14)18;1-17(10,11,12)13-8(14)6-4-2-3-5-7(6)9(15)16/h1-2,4-6,9-11,18H,3,7-8H2;2-5,17H,1H3,(H,13,14)(H,15,16). The summed E-state index contributed by atoms with van der Waals surface area (Å²) in [6, 6.07) is 18.3. The predicted molar refractivity (Wildman–Crippen MR) is 150 cm³/mol. The first-order valence-electron chi connectivity index (χ1n) is 11.3. The predicted octanol–water partition coefficient (Wildman–Crippen LogP) is 6.47. The minimum atomic E-state index is -3.80. The molecule has 5 rings (SSSR count). The highest BCUT2D eigenvalue weighted by Gasteiger charge is 2.29. The minimum Gasteiger partial charge on any atom is -0.478 e. The Balaban J connectivity index is 0.000000171. The second-order valence-corrected chi connectivity index (χ2v) is 20.6. The van der Waals surface area contributed by atoms with Crippen molar-refractivity contribution >= 4 is 63.1 Å². The molecule has 1 atom stereocenters. The number of fused-ring (bicyclic) bond motifs is 5. The molecule has 4 nitrogen and oxygen atoms in total. The van der Waals surface area contributed by atoms with E-state index >= 15 is 0 Å². The van der Waals surface area contributed by atoms with E-state index in [1.165, 1.54) is 52.4 Å². The molecule has 3 aromatic rings. The topological polar surface area (TPSA) is 66.4 Å². The van der Waals surface area contributed by atoms with Crippen molar-refractivity contribution in [2.75, 3.05) is 6.26 Å². The number of thiol groups is 1. The zero-order valence-corrected chi connectivity index (χ0v) is 22.5. The average molecular weight is 569 g/mol. The van der Waals surface area contributed by atoms with E-state index in [9.17, 15) is 14.0 Å². The molecule has 2 aliphatic rings. The van der Waals surface area contributed by atoms with Crippen molar-refractivity contribution in [3.05, 3.63) is 93.4 Å². The van der Waals surface area contributed by atoms with Gasteiger partial charge in [-0.3, -0.25) is 9.52 Å². The molecule has 0 spiro atoms. The van der Waals surface area contributed by atoms with Crippen LogP contribution in [0.1, 0.15) is 50.9 Å². The number of halogens is 4. The minimum absolute atomic E-state index is 0.0437. The summed E-state index contributed by atoms with van der Waals surface area (Å²) in [6.45, 7) is -3.80. The summed E-state index contributed by atoms with van der Waals surface area (Å²) in [5.74, 6) is -1.94. The van der Waals surface area contributed by atoms with Crippen LogP contribution in [0.4, 0.5) is 4.39 Å².